The fourth-order valence-corrected chi connectivity index (χ4v) is 0.881. The van der Waals surface area contributed by atoms with Crippen molar-refractivity contribution < 1.29 is 13.2 Å². The largest absolute Gasteiger partial charge is 0.389 e. The zero-order chi connectivity index (χ0) is 7.61. The molecule has 3 heteroatoms. The molecule has 0 atom stereocenters. The summed E-state index contributed by atoms with van der Waals surface area (Å²) < 4.78 is 34.9. The van der Waals surface area contributed by atoms with Gasteiger partial charge in [-0.3, -0.25) is 0 Å². The number of rotatable bonds is 1. The number of hydrogen-bond acceptors (Lipinski definition) is 0. The second kappa shape index (κ2) is 2.48. The van der Waals surface area contributed by atoms with E-state index in [1.54, 1.807) is 24.3 Å². The Morgan fingerprint density at radius 3 is 2.00 bits per heavy atom. The van der Waals surface area contributed by atoms with E-state index in [1.165, 1.54) is 0 Å². The van der Waals surface area contributed by atoms with Crippen LogP contribution in [0, 0.1) is 5.92 Å². The van der Waals surface area contributed by atoms with Crippen LogP contribution < -0.4 is 0 Å². The van der Waals surface area contributed by atoms with Crippen LogP contribution in [0.2, 0.25) is 0 Å². The van der Waals surface area contributed by atoms with Crippen LogP contribution in [0.25, 0.3) is 0 Å². The first-order valence-electron chi connectivity index (χ1n) is 3.00. The standard InChI is InChI=1S/C7H7F3/c8-7(9,10)5-6-3-1-2-4-6/h1-4,6H,5H2. The van der Waals surface area contributed by atoms with E-state index in [4.69, 9.17) is 0 Å². The van der Waals surface area contributed by atoms with Gasteiger partial charge in [0.2, 0.25) is 0 Å². The number of alkyl halides is 3. The van der Waals surface area contributed by atoms with Gasteiger partial charge in [0.15, 0.2) is 0 Å². The van der Waals surface area contributed by atoms with Gasteiger partial charge in [-0.1, -0.05) is 24.3 Å². The fourth-order valence-electron chi connectivity index (χ4n) is 0.881. The molecular weight excluding hydrogens is 141 g/mol. The van der Waals surface area contributed by atoms with Crippen LogP contribution >= 0.6 is 0 Å². The Morgan fingerprint density at radius 2 is 1.60 bits per heavy atom. The van der Waals surface area contributed by atoms with Gasteiger partial charge in [-0.25, -0.2) is 0 Å². The van der Waals surface area contributed by atoms with E-state index in [0.717, 1.165) is 0 Å². The molecule has 0 nitrogen and oxygen atoms in total. The predicted molar refractivity (Wildman–Crippen MR) is 32.4 cm³/mol. The summed E-state index contributed by atoms with van der Waals surface area (Å²) in [5.41, 5.74) is 0. The van der Waals surface area contributed by atoms with Crippen molar-refractivity contribution in [3.63, 3.8) is 0 Å². The molecule has 1 rings (SSSR count). The van der Waals surface area contributed by atoms with Crippen LogP contribution in [-0.4, -0.2) is 6.18 Å². The lowest BCUT2D eigenvalue weighted by atomic mass is 10.1. The quantitative estimate of drug-likeness (QED) is 0.536. The van der Waals surface area contributed by atoms with Crippen LogP contribution in [0.15, 0.2) is 24.3 Å². The Kier molecular flexibility index (Phi) is 1.83. The van der Waals surface area contributed by atoms with Gasteiger partial charge < -0.3 is 0 Å². The van der Waals surface area contributed by atoms with E-state index in [2.05, 4.69) is 0 Å². The Bertz CT molecular complexity index is 152. The molecule has 0 aromatic heterocycles. The van der Waals surface area contributed by atoms with Crippen molar-refractivity contribution in [3.05, 3.63) is 24.3 Å². The summed E-state index contributed by atoms with van der Waals surface area (Å²) in [4.78, 5) is 0. The molecule has 56 valence electrons. The summed E-state index contributed by atoms with van der Waals surface area (Å²) in [5, 5.41) is 0. The molecule has 0 bridgehead atoms. The zero-order valence-corrected chi connectivity index (χ0v) is 5.23. The third-order valence-corrected chi connectivity index (χ3v) is 1.29. The molecule has 0 N–H and O–H groups in total. The first-order valence-corrected chi connectivity index (χ1v) is 3.00. The Morgan fingerprint density at radius 1 is 1.10 bits per heavy atom. The van der Waals surface area contributed by atoms with Crippen molar-refractivity contribution in [2.24, 2.45) is 5.92 Å². The first-order chi connectivity index (χ1) is 4.58. The number of halogens is 3. The fraction of sp³-hybridized carbons (Fsp3) is 0.429. The lowest BCUT2D eigenvalue weighted by Gasteiger charge is -2.08. The molecule has 0 fully saturated rings. The average molecular weight is 148 g/mol. The molecule has 0 aromatic carbocycles. The molecule has 10 heavy (non-hydrogen) atoms. The van der Waals surface area contributed by atoms with E-state index < -0.39 is 18.5 Å². The lowest BCUT2D eigenvalue weighted by Crippen LogP contribution is -2.11. The molecule has 0 saturated carbocycles. The summed E-state index contributed by atoms with van der Waals surface area (Å²) in [7, 11) is 0. The van der Waals surface area contributed by atoms with E-state index in [9.17, 15) is 13.2 Å². The third-order valence-electron chi connectivity index (χ3n) is 1.29. The van der Waals surface area contributed by atoms with Crippen LogP contribution in [0.3, 0.4) is 0 Å². The van der Waals surface area contributed by atoms with E-state index in [1.807, 2.05) is 0 Å². The predicted octanol–water partition coefficient (Wildman–Crippen LogP) is 2.68. The summed E-state index contributed by atoms with van der Waals surface area (Å²) in [6, 6.07) is 0. The number of allylic oxidation sites excluding steroid dienone is 4. The van der Waals surface area contributed by atoms with Gasteiger partial charge in [-0.05, 0) is 0 Å². The van der Waals surface area contributed by atoms with Gasteiger partial charge in [0.05, 0.1) is 6.42 Å². The molecule has 0 unspecified atom stereocenters. The van der Waals surface area contributed by atoms with Crippen LogP contribution in [0.4, 0.5) is 13.2 Å². The highest BCUT2D eigenvalue weighted by Gasteiger charge is 2.30. The highest BCUT2D eigenvalue weighted by Crippen LogP contribution is 2.27. The average Bonchev–Trinajstić information content (AvgIpc) is 2.12. The monoisotopic (exact) mass is 148 g/mol. The summed E-state index contributed by atoms with van der Waals surface area (Å²) in [5.74, 6) is -0.431. The van der Waals surface area contributed by atoms with Crippen molar-refractivity contribution >= 4 is 0 Å². The maximum absolute atomic E-state index is 11.6. The molecule has 0 saturated heterocycles. The Labute approximate surface area is 57.0 Å². The van der Waals surface area contributed by atoms with Crippen molar-refractivity contribution in [2.45, 2.75) is 12.6 Å². The SMILES string of the molecule is FC(F)(F)CC1C=CC=C1. The summed E-state index contributed by atoms with van der Waals surface area (Å²) >= 11 is 0. The molecule has 0 aliphatic heterocycles. The van der Waals surface area contributed by atoms with E-state index >= 15 is 0 Å². The molecule has 0 radical (unpaired) electrons. The maximum atomic E-state index is 11.6. The Hall–Kier alpha value is -0.730. The Balaban J connectivity index is 2.40. The van der Waals surface area contributed by atoms with Gasteiger partial charge in [-0.15, -0.1) is 0 Å². The van der Waals surface area contributed by atoms with Crippen molar-refractivity contribution in [1.29, 1.82) is 0 Å². The first kappa shape index (κ1) is 7.38. The smallest absolute Gasteiger partial charge is 0.171 e. The van der Waals surface area contributed by atoms with Crippen LogP contribution in [0.1, 0.15) is 6.42 Å². The van der Waals surface area contributed by atoms with Crippen molar-refractivity contribution in [3.8, 4) is 0 Å². The highest BCUT2D eigenvalue weighted by molar-refractivity contribution is 5.17. The topological polar surface area (TPSA) is 0 Å². The van der Waals surface area contributed by atoms with Gasteiger partial charge in [0, 0.05) is 5.92 Å². The van der Waals surface area contributed by atoms with Gasteiger partial charge >= 0.3 is 6.18 Å². The maximum Gasteiger partial charge on any atom is 0.389 e. The van der Waals surface area contributed by atoms with Crippen LogP contribution in [-0.2, 0) is 0 Å². The summed E-state index contributed by atoms with van der Waals surface area (Å²) in [6.07, 6.45) is 1.59. The zero-order valence-electron chi connectivity index (χ0n) is 5.23. The van der Waals surface area contributed by atoms with E-state index in [-0.39, 0.29) is 0 Å². The molecule has 0 heterocycles. The highest BCUT2D eigenvalue weighted by atomic mass is 19.4. The lowest BCUT2D eigenvalue weighted by molar-refractivity contribution is -0.138. The van der Waals surface area contributed by atoms with Crippen molar-refractivity contribution in [1.82, 2.24) is 0 Å². The minimum Gasteiger partial charge on any atom is -0.171 e. The molecule has 1 aliphatic carbocycles. The minimum absolute atomic E-state index is 0.431. The summed E-state index contributed by atoms with van der Waals surface area (Å²) in [6.45, 7) is 0. The van der Waals surface area contributed by atoms with Gasteiger partial charge in [0.1, 0.15) is 0 Å². The number of hydrogen-bond donors (Lipinski definition) is 0. The van der Waals surface area contributed by atoms with Gasteiger partial charge in [0.25, 0.3) is 0 Å². The van der Waals surface area contributed by atoms with Crippen molar-refractivity contribution in [2.75, 3.05) is 0 Å². The minimum atomic E-state index is -4.04. The van der Waals surface area contributed by atoms with Crippen LogP contribution in [0.5, 0.6) is 0 Å². The molecule has 0 amide bonds. The van der Waals surface area contributed by atoms with Gasteiger partial charge in [-0.2, -0.15) is 13.2 Å². The normalized spacial score (nSPS) is 18.7. The van der Waals surface area contributed by atoms with E-state index in [0.29, 0.717) is 0 Å². The third kappa shape index (κ3) is 2.25. The molecular formula is C7H7F3. The second-order valence-corrected chi connectivity index (χ2v) is 2.25. The molecule has 0 aromatic rings. The molecule has 0 spiro atoms. The second-order valence-electron chi connectivity index (χ2n) is 2.25. The molecule has 1 aliphatic rings.